The van der Waals surface area contributed by atoms with E-state index >= 15 is 0 Å². The molecule has 0 spiro atoms. The number of ether oxygens (including phenoxy) is 1. The fourth-order valence-electron chi connectivity index (χ4n) is 9.56. The number of hydrogen-bond donors (Lipinski definition) is 0. The minimum Gasteiger partial charge on any atom is -0.456 e. The highest BCUT2D eigenvalue weighted by atomic mass is 16.5. The lowest BCUT2D eigenvalue weighted by molar-refractivity contribution is 0.487. The molecule has 11 aromatic carbocycles. The lowest BCUT2D eigenvalue weighted by Crippen LogP contribution is -1.98. The molecule has 0 aliphatic carbocycles. The van der Waals surface area contributed by atoms with Gasteiger partial charge in [0.05, 0.1) is 11.6 Å². The molecule has 12 rings (SSSR count). The lowest BCUT2D eigenvalue weighted by Gasteiger charge is -2.23. The monoisotopic (exact) mass is 721 g/mol. The predicted octanol–water partition coefficient (Wildman–Crippen LogP) is 15.3. The van der Waals surface area contributed by atoms with Gasteiger partial charge in [0.1, 0.15) is 11.5 Å². The van der Waals surface area contributed by atoms with Crippen LogP contribution in [0.15, 0.2) is 188 Å². The van der Waals surface area contributed by atoms with Crippen molar-refractivity contribution in [1.82, 2.24) is 0 Å². The van der Waals surface area contributed by atoms with Crippen molar-refractivity contribution in [3.05, 3.63) is 194 Å². The Morgan fingerprint density at radius 3 is 1.40 bits per heavy atom. The largest absolute Gasteiger partial charge is 0.456 e. The molecule has 0 atom stereocenters. The maximum absolute atomic E-state index is 9.54. The van der Waals surface area contributed by atoms with Gasteiger partial charge in [0, 0.05) is 10.9 Å². The topological polar surface area (TPSA) is 33.0 Å². The third kappa shape index (κ3) is 4.64. The van der Waals surface area contributed by atoms with Crippen LogP contribution in [0.4, 0.5) is 0 Å². The number of benzene rings is 11. The Kier molecular flexibility index (Phi) is 6.73. The summed E-state index contributed by atoms with van der Waals surface area (Å²) in [4.78, 5) is 0. The van der Waals surface area contributed by atoms with E-state index in [-0.39, 0.29) is 0 Å². The summed E-state index contributed by atoms with van der Waals surface area (Å²) in [6, 6.07) is 70.2. The highest BCUT2D eigenvalue weighted by Gasteiger charge is 2.23. The molecule has 57 heavy (non-hydrogen) atoms. The zero-order chi connectivity index (χ0) is 37.6. The molecular formula is C55H31NO. The number of hydrogen-bond acceptors (Lipinski definition) is 2. The molecule has 2 nitrogen and oxygen atoms in total. The van der Waals surface area contributed by atoms with Crippen molar-refractivity contribution >= 4 is 64.6 Å². The van der Waals surface area contributed by atoms with Crippen LogP contribution < -0.4 is 4.74 Å². The summed E-state index contributed by atoms with van der Waals surface area (Å²) in [6.45, 7) is 0. The summed E-state index contributed by atoms with van der Waals surface area (Å²) >= 11 is 0. The first-order chi connectivity index (χ1) is 28.2. The molecule has 0 bridgehead atoms. The Morgan fingerprint density at radius 1 is 0.298 bits per heavy atom. The molecule has 0 saturated carbocycles. The minimum absolute atomic E-state index is 0.589. The van der Waals surface area contributed by atoms with E-state index in [4.69, 9.17) is 4.74 Å². The van der Waals surface area contributed by atoms with E-state index in [0.29, 0.717) is 5.56 Å². The summed E-state index contributed by atoms with van der Waals surface area (Å²) < 4.78 is 6.45. The molecule has 1 aliphatic heterocycles. The fourth-order valence-corrected chi connectivity index (χ4v) is 9.56. The van der Waals surface area contributed by atoms with Crippen molar-refractivity contribution in [2.75, 3.05) is 0 Å². The second kappa shape index (κ2) is 12.1. The highest BCUT2D eigenvalue weighted by molar-refractivity contribution is 6.26. The Morgan fingerprint density at radius 2 is 0.754 bits per heavy atom. The summed E-state index contributed by atoms with van der Waals surface area (Å²) in [5.74, 6) is 1.53. The van der Waals surface area contributed by atoms with Gasteiger partial charge in [0.2, 0.25) is 0 Å². The molecule has 0 fully saturated rings. The van der Waals surface area contributed by atoms with Gasteiger partial charge in [-0.1, -0.05) is 152 Å². The van der Waals surface area contributed by atoms with Crippen LogP contribution in [-0.2, 0) is 0 Å². The fraction of sp³-hybridized carbons (Fsp3) is 0. The standard InChI is InChI=1S/C55H31NO/c56-32-33-23-24-46-48-28-27-44(47-21-10-22-53(55(47)48)57-54(46)29-33)43-25-26-45(38-15-4-3-14-37(38)43)50-31-52-41-18-7-5-16-39(41)49(30-51(52)42-19-8-6-17-40(42)50)36-20-9-12-34-11-1-2-13-35(34)36/h1-31H. The first kappa shape index (κ1) is 31.6. The van der Waals surface area contributed by atoms with Crippen LogP contribution in [0.1, 0.15) is 5.56 Å². The van der Waals surface area contributed by atoms with E-state index in [2.05, 4.69) is 170 Å². The number of fused-ring (bicyclic) bond motifs is 9. The van der Waals surface area contributed by atoms with Gasteiger partial charge >= 0.3 is 0 Å². The second-order valence-electron chi connectivity index (χ2n) is 15.0. The van der Waals surface area contributed by atoms with Gasteiger partial charge in [-0.2, -0.15) is 5.26 Å². The molecule has 0 unspecified atom stereocenters. The highest BCUT2D eigenvalue weighted by Crippen LogP contribution is 2.50. The maximum Gasteiger partial charge on any atom is 0.136 e. The van der Waals surface area contributed by atoms with Crippen LogP contribution in [0, 0.1) is 11.3 Å². The van der Waals surface area contributed by atoms with E-state index in [1.54, 1.807) is 0 Å². The second-order valence-corrected chi connectivity index (χ2v) is 15.0. The van der Waals surface area contributed by atoms with E-state index in [9.17, 15) is 5.26 Å². The van der Waals surface area contributed by atoms with E-state index in [1.807, 2.05) is 24.3 Å². The molecule has 2 heteroatoms. The van der Waals surface area contributed by atoms with Crippen molar-refractivity contribution in [2.45, 2.75) is 0 Å². The molecule has 0 saturated heterocycles. The van der Waals surface area contributed by atoms with Crippen LogP contribution >= 0.6 is 0 Å². The summed E-state index contributed by atoms with van der Waals surface area (Å²) in [5, 5.41) is 24.2. The summed E-state index contributed by atoms with van der Waals surface area (Å²) in [7, 11) is 0. The van der Waals surface area contributed by atoms with Crippen molar-refractivity contribution in [1.29, 1.82) is 5.26 Å². The summed E-state index contributed by atoms with van der Waals surface area (Å²) in [5.41, 5.74) is 10.00. The molecular weight excluding hydrogens is 691 g/mol. The zero-order valence-corrected chi connectivity index (χ0v) is 30.8. The maximum atomic E-state index is 9.54. The molecule has 0 aromatic heterocycles. The van der Waals surface area contributed by atoms with Crippen LogP contribution in [0.2, 0.25) is 0 Å². The SMILES string of the molecule is N#Cc1ccc2c(c1)Oc1cccc3c(-c4ccc(-c5cc6c7ccccc7c(-c7cccc8ccccc78)cc6c6ccccc56)c5ccccc45)ccc-2c13. The molecule has 1 aliphatic rings. The first-order valence-electron chi connectivity index (χ1n) is 19.4. The Balaban J connectivity index is 1.09. The van der Waals surface area contributed by atoms with E-state index < -0.39 is 0 Å². The van der Waals surface area contributed by atoms with Gasteiger partial charge in [0.15, 0.2) is 0 Å². The number of nitriles is 1. The van der Waals surface area contributed by atoms with Gasteiger partial charge in [-0.05, 0) is 135 Å². The minimum atomic E-state index is 0.589. The van der Waals surface area contributed by atoms with Gasteiger partial charge in [-0.25, -0.2) is 0 Å². The average molecular weight is 722 g/mol. The van der Waals surface area contributed by atoms with Crippen molar-refractivity contribution in [2.24, 2.45) is 0 Å². The Hall–Kier alpha value is -7.73. The Bertz CT molecular complexity index is 3560. The molecule has 262 valence electrons. The lowest BCUT2D eigenvalue weighted by atomic mass is 9.84. The molecule has 1 heterocycles. The van der Waals surface area contributed by atoms with E-state index in [1.165, 1.54) is 81.7 Å². The normalized spacial score (nSPS) is 12.0. The van der Waals surface area contributed by atoms with E-state index in [0.717, 1.165) is 39.0 Å². The first-order valence-corrected chi connectivity index (χ1v) is 19.4. The molecule has 0 radical (unpaired) electrons. The molecule has 0 N–H and O–H groups in total. The molecule has 0 amide bonds. The number of rotatable bonds is 3. The van der Waals surface area contributed by atoms with Gasteiger partial charge in [-0.15, -0.1) is 0 Å². The van der Waals surface area contributed by atoms with Crippen molar-refractivity contribution in [3.8, 4) is 62.1 Å². The number of nitrogens with zero attached hydrogens (tertiary/aromatic N) is 1. The zero-order valence-electron chi connectivity index (χ0n) is 30.8. The van der Waals surface area contributed by atoms with Crippen molar-refractivity contribution < 1.29 is 4.74 Å². The van der Waals surface area contributed by atoms with Crippen LogP contribution in [-0.4, -0.2) is 0 Å². The van der Waals surface area contributed by atoms with Crippen molar-refractivity contribution in [3.63, 3.8) is 0 Å². The van der Waals surface area contributed by atoms with Gasteiger partial charge in [0.25, 0.3) is 0 Å². The third-order valence-corrected chi connectivity index (χ3v) is 12.1. The van der Waals surface area contributed by atoms with Crippen LogP contribution in [0.5, 0.6) is 11.5 Å². The molecule has 11 aromatic rings. The smallest absolute Gasteiger partial charge is 0.136 e. The Labute approximate surface area is 329 Å². The summed E-state index contributed by atoms with van der Waals surface area (Å²) in [6.07, 6.45) is 0. The third-order valence-electron chi connectivity index (χ3n) is 12.1. The van der Waals surface area contributed by atoms with Crippen LogP contribution in [0.3, 0.4) is 0 Å². The predicted molar refractivity (Wildman–Crippen MR) is 238 cm³/mol. The van der Waals surface area contributed by atoms with Gasteiger partial charge in [-0.3, -0.25) is 0 Å². The van der Waals surface area contributed by atoms with Crippen LogP contribution in [0.25, 0.3) is 109 Å². The quantitative estimate of drug-likeness (QED) is 0.170. The average Bonchev–Trinajstić information content (AvgIpc) is 3.28. The van der Waals surface area contributed by atoms with Gasteiger partial charge < -0.3 is 4.74 Å².